The summed E-state index contributed by atoms with van der Waals surface area (Å²) >= 11 is 0. The molecule has 0 amide bonds. The molecular formula is C12H25F3N2. The van der Waals surface area contributed by atoms with Gasteiger partial charge in [-0.2, -0.15) is 13.2 Å². The maximum Gasteiger partial charge on any atom is 0.401 e. The van der Waals surface area contributed by atoms with E-state index in [0.717, 1.165) is 13.0 Å². The number of halogens is 3. The Kier molecular flexibility index (Phi) is 7.79. The van der Waals surface area contributed by atoms with Crippen LogP contribution in [0.2, 0.25) is 0 Å². The first kappa shape index (κ1) is 16.7. The number of nitrogens with zero attached hydrogens (tertiary/aromatic N) is 1. The third kappa shape index (κ3) is 8.44. The van der Waals surface area contributed by atoms with Gasteiger partial charge in [-0.25, -0.2) is 0 Å². The largest absolute Gasteiger partial charge is 0.401 e. The molecule has 0 aliphatic heterocycles. The molecular weight excluding hydrogens is 229 g/mol. The molecule has 0 spiro atoms. The van der Waals surface area contributed by atoms with Crippen LogP contribution in [-0.4, -0.2) is 43.3 Å². The molecule has 104 valence electrons. The van der Waals surface area contributed by atoms with Crippen LogP contribution in [0.15, 0.2) is 0 Å². The van der Waals surface area contributed by atoms with Crippen LogP contribution in [0.3, 0.4) is 0 Å². The van der Waals surface area contributed by atoms with E-state index in [-0.39, 0.29) is 6.04 Å². The topological polar surface area (TPSA) is 15.3 Å². The van der Waals surface area contributed by atoms with Gasteiger partial charge < -0.3 is 5.32 Å². The van der Waals surface area contributed by atoms with Gasteiger partial charge in [0.2, 0.25) is 0 Å². The van der Waals surface area contributed by atoms with Gasteiger partial charge in [-0.05, 0) is 25.4 Å². The van der Waals surface area contributed by atoms with Crippen molar-refractivity contribution >= 4 is 0 Å². The summed E-state index contributed by atoms with van der Waals surface area (Å²) in [6.07, 6.45) is -3.38. The predicted octanol–water partition coefficient (Wildman–Crippen LogP) is 2.89. The molecule has 0 heterocycles. The van der Waals surface area contributed by atoms with Gasteiger partial charge in [-0.1, -0.05) is 27.7 Å². The van der Waals surface area contributed by atoms with Crippen LogP contribution in [0.5, 0.6) is 0 Å². The molecule has 0 saturated heterocycles. The smallest absolute Gasteiger partial charge is 0.315 e. The minimum atomic E-state index is -4.11. The molecule has 0 bridgehead atoms. The van der Waals surface area contributed by atoms with E-state index in [2.05, 4.69) is 19.2 Å². The van der Waals surface area contributed by atoms with E-state index in [0.29, 0.717) is 19.0 Å². The van der Waals surface area contributed by atoms with Crippen molar-refractivity contribution in [2.45, 2.75) is 46.3 Å². The zero-order valence-electron chi connectivity index (χ0n) is 11.3. The van der Waals surface area contributed by atoms with Crippen molar-refractivity contribution in [2.24, 2.45) is 5.92 Å². The van der Waals surface area contributed by atoms with E-state index in [9.17, 15) is 13.2 Å². The molecule has 0 rings (SSSR count). The van der Waals surface area contributed by atoms with Gasteiger partial charge in [-0.3, -0.25) is 4.90 Å². The second-order valence-electron chi connectivity index (χ2n) is 4.79. The van der Waals surface area contributed by atoms with Crippen LogP contribution in [0.25, 0.3) is 0 Å². The molecule has 0 aromatic rings. The second-order valence-corrected chi connectivity index (χ2v) is 4.79. The van der Waals surface area contributed by atoms with E-state index in [1.54, 1.807) is 6.92 Å². The highest BCUT2D eigenvalue weighted by Gasteiger charge is 2.32. The van der Waals surface area contributed by atoms with Crippen molar-refractivity contribution in [2.75, 3.05) is 26.2 Å². The molecule has 0 aromatic carbocycles. The van der Waals surface area contributed by atoms with E-state index in [1.165, 1.54) is 4.90 Å². The molecule has 1 atom stereocenters. The van der Waals surface area contributed by atoms with E-state index >= 15 is 0 Å². The molecule has 0 aromatic heterocycles. The average Bonchev–Trinajstić information content (AvgIpc) is 2.19. The van der Waals surface area contributed by atoms with Gasteiger partial charge >= 0.3 is 6.18 Å². The van der Waals surface area contributed by atoms with Gasteiger partial charge in [-0.15, -0.1) is 0 Å². The van der Waals surface area contributed by atoms with Crippen LogP contribution in [0.4, 0.5) is 13.2 Å². The number of rotatable bonds is 8. The zero-order valence-corrected chi connectivity index (χ0v) is 11.3. The summed E-state index contributed by atoms with van der Waals surface area (Å²) in [5, 5.41) is 3.23. The van der Waals surface area contributed by atoms with Crippen molar-refractivity contribution in [1.82, 2.24) is 10.2 Å². The fourth-order valence-corrected chi connectivity index (χ4v) is 1.80. The average molecular weight is 254 g/mol. The van der Waals surface area contributed by atoms with Crippen LogP contribution >= 0.6 is 0 Å². The lowest BCUT2D eigenvalue weighted by atomic mass is 10.1. The molecule has 0 aliphatic carbocycles. The van der Waals surface area contributed by atoms with Crippen molar-refractivity contribution in [3.05, 3.63) is 0 Å². The predicted molar refractivity (Wildman–Crippen MR) is 65.1 cm³/mol. The molecule has 17 heavy (non-hydrogen) atoms. The maximum absolute atomic E-state index is 12.4. The van der Waals surface area contributed by atoms with Gasteiger partial charge in [0.1, 0.15) is 0 Å². The minimum absolute atomic E-state index is 0.0413. The molecule has 0 fully saturated rings. The number of alkyl halides is 3. The minimum Gasteiger partial charge on any atom is -0.315 e. The van der Waals surface area contributed by atoms with E-state index in [4.69, 9.17) is 0 Å². The Balaban J connectivity index is 4.19. The summed E-state index contributed by atoms with van der Waals surface area (Å²) in [5.41, 5.74) is 0. The highest BCUT2D eigenvalue weighted by molar-refractivity contribution is 4.74. The molecule has 2 nitrogen and oxygen atoms in total. The Hall–Kier alpha value is -0.290. The summed E-state index contributed by atoms with van der Waals surface area (Å²) < 4.78 is 37.1. The fourth-order valence-electron chi connectivity index (χ4n) is 1.80. The molecule has 1 unspecified atom stereocenters. The van der Waals surface area contributed by atoms with Gasteiger partial charge in [0.25, 0.3) is 0 Å². The van der Waals surface area contributed by atoms with Gasteiger partial charge in [0, 0.05) is 12.6 Å². The second kappa shape index (κ2) is 7.93. The Morgan fingerprint density at radius 2 is 1.71 bits per heavy atom. The van der Waals surface area contributed by atoms with Gasteiger partial charge in [0.05, 0.1) is 6.54 Å². The first-order chi connectivity index (χ1) is 7.80. The Bertz CT molecular complexity index is 193. The van der Waals surface area contributed by atoms with Crippen LogP contribution in [0.1, 0.15) is 34.1 Å². The highest BCUT2D eigenvalue weighted by atomic mass is 19.4. The Morgan fingerprint density at radius 1 is 1.12 bits per heavy atom. The van der Waals surface area contributed by atoms with E-state index in [1.807, 2.05) is 6.92 Å². The normalized spacial score (nSPS) is 14.6. The van der Waals surface area contributed by atoms with E-state index < -0.39 is 12.7 Å². The molecule has 1 N–H and O–H groups in total. The first-order valence-electron chi connectivity index (χ1n) is 6.31. The maximum atomic E-state index is 12.4. The summed E-state index contributed by atoms with van der Waals surface area (Å²) in [5.74, 6) is 0.519. The summed E-state index contributed by atoms with van der Waals surface area (Å²) in [4.78, 5) is 1.49. The summed E-state index contributed by atoms with van der Waals surface area (Å²) in [7, 11) is 0. The van der Waals surface area contributed by atoms with Crippen molar-refractivity contribution in [3.63, 3.8) is 0 Å². The lowest BCUT2D eigenvalue weighted by molar-refractivity contribution is -0.150. The molecule has 0 aliphatic rings. The fraction of sp³-hybridized carbons (Fsp3) is 1.00. The van der Waals surface area contributed by atoms with Crippen molar-refractivity contribution in [3.8, 4) is 0 Å². The summed E-state index contributed by atoms with van der Waals surface area (Å²) in [6, 6.07) is -0.0413. The highest BCUT2D eigenvalue weighted by Crippen LogP contribution is 2.18. The molecule has 0 saturated carbocycles. The number of hydrogen-bond acceptors (Lipinski definition) is 2. The third-order valence-corrected chi connectivity index (χ3v) is 2.71. The monoisotopic (exact) mass is 254 g/mol. The summed E-state index contributed by atoms with van der Waals surface area (Å²) in [6.45, 7) is 8.96. The van der Waals surface area contributed by atoms with Crippen LogP contribution in [-0.2, 0) is 0 Å². The molecule has 5 heteroatoms. The Morgan fingerprint density at radius 3 is 2.06 bits per heavy atom. The van der Waals surface area contributed by atoms with Crippen LogP contribution < -0.4 is 5.32 Å². The number of nitrogens with one attached hydrogen (secondary N) is 1. The van der Waals surface area contributed by atoms with Crippen molar-refractivity contribution in [1.29, 1.82) is 0 Å². The zero-order chi connectivity index (χ0) is 13.5. The SMILES string of the molecule is CCC(CNCC(C)C)N(CC)CC(F)(F)F. The molecule has 0 radical (unpaired) electrons. The quantitative estimate of drug-likeness (QED) is 0.716. The number of likely N-dealkylation sites (N-methyl/N-ethyl adjacent to an activating group) is 1. The van der Waals surface area contributed by atoms with Crippen molar-refractivity contribution < 1.29 is 13.2 Å². The standard InChI is InChI=1S/C12H25F3N2/c1-5-11(8-16-7-10(3)4)17(6-2)9-12(13,14)15/h10-11,16H,5-9H2,1-4H3. The Labute approximate surface area is 103 Å². The lowest BCUT2D eigenvalue weighted by Crippen LogP contribution is -2.46. The third-order valence-electron chi connectivity index (χ3n) is 2.71. The first-order valence-corrected chi connectivity index (χ1v) is 6.31. The lowest BCUT2D eigenvalue weighted by Gasteiger charge is -2.31. The number of hydrogen-bond donors (Lipinski definition) is 1. The van der Waals surface area contributed by atoms with Gasteiger partial charge in [0.15, 0.2) is 0 Å². The van der Waals surface area contributed by atoms with Crippen LogP contribution in [0, 0.1) is 5.92 Å².